The van der Waals surface area contributed by atoms with Gasteiger partial charge in [0.1, 0.15) is 12.1 Å². The van der Waals surface area contributed by atoms with Crippen molar-refractivity contribution < 1.29 is 15.0 Å². The van der Waals surface area contributed by atoms with Gasteiger partial charge in [0.25, 0.3) is 0 Å². The number of phenolic OH excluding ortho intramolecular Hbond substituents is 2. The van der Waals surface area contributed by atoms with Gasteiger partial charge in [0.15, 0.2) is 17.1 Å². The molecule has 4 aromatic rings. The molecule has 186 valence electrons. The van der Waals surface area contributed by atoms with Crippen molar-refractivity contribution in [1.82, 2.24) is 19.9 Å². The molecule has 0 aliphatic carbocycles. The average Bonchev–Trinajstić information content (AvgIpc) is 3.24. The molecule has 4 rings (SSSR count). The first-order valence-corrected chi connectivity index (χ1v) is 12.2. The Hall–Kier alpha value is -3.43. The van der Waals surface area contributed by atoms with Crippen LogP contribution in [0.25, 0.3) is 16.9 Å². The molecule has 0 saturated heterocycles. The van der Waals surface area contributed by atoms with E-state index >= 15 is 0 Å². The number of nitrogens with one attached hydrogen (secondary N) is 2. The third kappa shape index (κ3) is 7.53. The van der Waals surface area contributed by atoms with Crippen molar-refractivity contribution in [3.8, 4) is 22.8 Å². The Kier molecular flexibility index (Phi) is 11.2. The second kappa shape index (κ2) is 14.1. The molecule has 0 aliphatic rings. The van der Waals surface area contributed by atoms with Gasteiger partial charge in [-0.2, -0.15) is 9.61 Å². The number of aromatic hydroxyl groups is 2. The van der Waals surface area contributed by atoms with Gasteiger partial charge >= 0.3 is 0 Å². The molecule has 0 spiro atoms. The SMILES string of the molecule is CC.CNCCNc1cc(-c2ccccc2C)nc2c(Br)cnn12.O=CCc1ccc(O)c(O)c1. The molecule has 0 saturated carbocycles. The number of rotatable bonds is 7. The van der Waals surface area contributed by atoms with Gasteiger partial charge in [-0.05, 0) is 53.2 Å². The number of fused-ring (bicyclic) bond motifs is 1. The molecule has 0 radical (unpaired) electrons. The summed E-state index contributed by atoms with van der Waals surface area (Å²) in [6.07, 6.45) is 2.77. The molecule has 0 amide bonds. The summed E-state index contributed by atoms with van der Waals surface area (Å²) in [4.78, 5) is 14.8. The van der Waals surface area contributed by atoms with E-state index in [9.17, 15) is 4.79 Å². The lowest BCUT2D eigenvalue weighted by molar-refractivity contribution is -0.107. The number of hydrogen-bond donors (Lipinski definition) is 4. The summed E-state index contributed by atoms with van der Waals surface area (Å²) in [5.41, 5.74) is 4.78. The Morgan fingerprint density at radius 3 is 2.46 bits per heavy atom. The van der Waals surface area contributed by atoms with Crippen LogP contribution < -0.4 is 10.6 Å². The summed E-state index contributed by atoms with van der Waals surface area (Å²) in [6, 6.07) is 14.6. The number of aromatic nitrogens is 3. The number of likely N-dealkylation sites (N-methyl/N-ethyl adjacent to an activating group) is 1. The third-order valence-corrected chi connectivity index (χ3v) is 5.45. The second-order valence-electron chi connectivity index (χ2n) is 7.29. The lowest BCUT2D eigenvalue weighted by Gasteiger charge is -2.11. The number of carbonyl (C=O) groups excluding carboxylic acids is 1. The van der Waals surface area contributed by atoms with Crippen LogP contribution >= 0.6 is 15.9 Å². The third-order valence-electron chi connectivity index (χ3n) is 4.89. The van der Waals surface area contributed by atoms with Crippen molar-refractivity contribution >= 4 is 33.7 Å². The highest BCUT2D eigenvalue weighted by Crippen LogP contribution is 2.27. The smallest absolute Gasteiger partial charge is 0.172 e. The van der Waals surface area contributed by atoms with Gasteiger partial charge in [0.2, 0.25) is 0 Å². The average molecular weight is 542 g/mol. The first kappa shape index (κ1) is 27.8. The van der Waals surface area contributed by atoms with Crippen molar-refractivity contribution in [3.05, 3.63) is 70.3 Å². The second-order valence-corrected chi connectivity index (χ2v) is 8.15. The van der Waals surface area contributed by atoms with Crippen LogP contribution in [-0.2, 0) is 11.2 Å². The molecular weight excluding hydrogens is 510 g/mol. The summed E-state index contributed by atoms with van der Waals surface area (Å²) < 4.78 is 2.71. The van der Waals surface area contributed by atoms with Crippen molar-refractivity contribution in [2.45, 2.75) is 27.2 Å². The van der Waals surface area contributed by atoms with Gasteiger partial charge < -0.3 is 25.6 Å². The first-order chi connectivity index (χ1) is 16.9. The van der Waals surface area contributed by atoms with Crippen molar-refractivity contribution in [2.75, 3.05) is 25.5 Å². The number of anilines is 1. The fourth-order valence-electron chi connectivity index (χ4n) is 3.17. The van der Waals surface area contributed by atoms with Crippen LogP contribution in [-0.4, -0.2) is 51.2 Å². The zero-order valence-electron chi connectivity index (χ0n) is 20.4. The maximum absolute atomic E-state index is 10.0. The molecule has 0 aliphatic heterocycles. The number of carbonyl (C=O) groups is 1. The Morgan fingerprint density at radius 2 is 1.80 bits per heavy atom. The monoisotopic (exact) mass is 541 g/mol. The Morgan fingerprint density at radius 1 is 1.06 bits per heavy atom. The van der Waals surface area contributed by atoms with E-state index in [2.05, 4.69) is 50.7 Å². The van der Waals surface area contributed by atoms with Crippen LogP contribution in [0.3, 0.4) is 0 Å². The number of aryl methyl sites for hydroxylation is 1. The van der Waals surface area contributed by atoms with E-state index in [-0.39, 0.29) is 17.9 Å². The topological polar surface area (TPSA) is 112 Å². The Bertz CT molecular complexity index is 1240. The highest BCUT2D eigenvalue weighted by Gasteiger charge is 2.12. The van der Waals surface area contributed by atoms with Crippen LogP contribution in [0.15, 0.2) is 59.2 Å². The van der Waals surface area contributed by atoms with E-state index in [1.165, 1.54) is 17.7 Å². The predicted octanol–water partition coefficient (Wildman–Crippen LogP) is 4.96. The minimum absolute atomic E-state index is 0.167. The minimum atomic E-state index is -0.190. The van der Waals surface area contributed by atoms with Crippen LogP contribution in [0, 0.1) is 6.92 Å². The highest BCUT2D eigenvalue weighted by atomic mass is 79.9. The van der Waals surface area contributed by atoms with E-state index in [1.54, 1.807) is 12.3 Å². The maximum Gasteiger partial charge on any atom is 0.172 e. The van der Waals surface area contributed by atoms with Gasteiger partial charge in [0, 0.05) is 31.1 Å². The highest BCUT2D eigenvalue weighted by molar-refractivity contribution is 9.10. The van der Waals surface area contributed by atoms with Crippen LogP contribution in [0.5, 0.6) is 11.5 Å². The summed E-state index contributed by atoms with van der Waals surface area (Å²) in [5.74, 6) is 0.577. The van der Waals surface area contributed by atoms with E-state index < -0.39 is 0 Å². The van der Waals surface area contributed by atoms with E-state index in [1.807, 2.05) is 43.6 Å². The van der Waals surface area contributed by atoms with Crippen LogP contribution in [0.1, 0.15) is 25.0 Å². The maximum atomic E-state index is 10.0. The van der Waals surface area contributed by atoms with Crippen molar-refractivity contribution in [3.63, 3.8) is 0 Å². The van der Waals surface area contributed by atoms with E-state index in [0.717, 1.165) is 46.6 Å². The van der Waals surface area contributed by atoms with Crippen LogP contribution in [0.2, 0.25) is 0 Å². The molecule has 0 fully saturated rings. The van der Waals surface area contributed by atoms with Gasteiger partial charge in [-0.3, -0.25) is 0 Å². The molecule has 2 aromatic carbocycles. The summed E-state index contributed by atoms with van der Waals surface area (Å²) in [5, 5.41) is 28.8. The Labute approximate surface area is 214 Å². The van der Waals surface area contributed by atoms with Crippen LogP contribution in [0.4, 0.5) is 5.82 Å². The first-order valence-electron chi connectivity index (χ1n) is 11.4. The molecule has 8 nitrogen and oxygen atoms in total. The molecule has 0 bridgehead atoms. The summed E-state index contributed by atoms with van der Waals surface area (Å²) in [6.45, 7) is 7.80. The number of nitrogens with zero attached hydrogens (tertiary/aromatic N) is 3. The number of hydrogen-bond acceptors (Lipinski definition) is 7. The molecule has 4 N–H and O–H groups in total. The standard InChI is InChI=1S/C16H18BrN5.C8H8O3.C2H6/c1-11-5-3-4-6-12(11)14-9-15(19-8-7-18-2)22-16(21-14)13(17)10-20-22;9-4-3-6-1-2-7(10)8(11)5-6;1-2/h3-6,9-10,18-19H,7-8H2,1-2H3;1-2,4-5,10-11H,3H2;1-2H3. The number of halogens is 1. The minimum Gasteiger partial charge on any atom is -0.504 e. The molecule has 0 unspecified atom stereocenters. The molecular formula is C26H32BrN5O3. The zero-order chi connectivity index (χ0) is 25.8. The van der Waals surface area contributed by atoms with Gasteiger partial charge in [0.05, 0.1) is 16.4 Å². The molecule has 2 aromatic heterocycles. The number of aldehydes is 1. The van der Waals surface area contributed by atoms with Gasteiger partial charge in [-0.25, -0.2) is 4.98 Å². The van der Waals surface area contributed by atoms with Gasteiger partial charge in [-0.1, -0.05) is 44.2 Å². The van der Waals surface area contributed by atoms with E-state index in [4.69, 9.17) is 15.2 Å². The lowest BCUT2D eigenvalue weighted by atomic mass is 10.1. The normalized spacial score (nSPS) is 10.1. The lowest BCUT2D eigenvalue weighted by Crippen LogP contribution is -2.19. The number of phenols is 2. The molecule has 2 heterocycles. The predicted molar refractivity (Wildman–Crippen MR) is 144 cm³/mol. The number of benzene rings is 2. The molecule has 35 heavy (non-hydrogen) atoms. The van der Waals surface area contributed by atoms with Crippen molar-refractivity contribution in [1.29, 1.82) is 0 Å². The largest absolute Gasteiger partial charge is 0.504 e. The van der Waals surface area contributed by atoms with E-state index in [0.29, 0.717) is 5.56 Å². The molecule has 0 atom stereocenters. The Balaban J connectivity index is 0.000000280. The quantitative estimate of drug-likeness (QED) is 0.148. The van der Waals surface area contributed by atoms with Gasteiger partial charge in [-0.15, -0.1) is 0 Å². The zero-order valence-corrected chi connectivity index (χ0v) is 22.0. The van der Waals surface area contributed by atoms with Crippen molar-refractivity contribution in [2.24, 2.45) is 0 Å². The summed E-state index contributed by atoms with van der Waals surface area (Å²) >= 11 is 3.52. The summed E-state index contributed by atoms with van der Waals surface area (Å²) in [7, 11) is 1.94. The molecule has 9 heteroatoms. The fourth-order valence-corrected chi connectivity index (χ4v) is 3.52. The fraction of sp³-hybridized carbons (Fsp3) is 0.269.